The molecule has 1 atom stereocenters. The Labute approximate surface area is 122 Å². The molecule has 0 saturated carbocycles. The zero-order chi connectivity index (χ0) is 15.0. The molecule has 1 amide bonds. The van der Waals surface area contributed by atoms with Crippen LogP contribution in [0.1, 0.15) is 10.4 Å². The normalized spacial score (nSPS) is 12.4. The number of aromatic amines is 1. The zero-order valence-electron chi connectivity index (χ0n) is 10.7. The number of hydrogen-bond donors (Lipinski definition) is 2. The van der Waals surface area contributed by atoms with Crippen LogP contribution in [0.4, 0.5) is 0 Å². The van der Waals surface area contributed by atoms with Gasteiger partial charge in [0, 0.05) is 16.0 Å². The first-order valence-corrected chi connectivity index (χ1v) is 7.11. The van der Waals surface area contributed by atoms with Crippen LogP contribution in [0.2, 0.25) is 0 Å². The molecule has 0 bridgehead atoms. The van der Waals surface area contributed by atoms with Crippen LogP contribution >= 0.6 is 0 Å². The van der Waals surface area contributed by atoms with E-state index in [9.17, 15) is 13.6 Å². The second kappa shape index (κ2) is 5.12. The molecule has 1 aromatic heterocycles. The summed E-state index contributed by atoms with van der Waals surface area (Å²) in [6, 6.07) is 11.3. The van der Waals surface area contributed by atoms with E-state index in [1.165, 1.54) is 12.1 Å². The molecule has 106 valence electrons. The minimum absolute atomic E-state index is 0.214. The lowest BCUT2D eigenvalue weighted by Crippen LogP contribution is -2.10. The van der Waals surface area contributed by atoms with Crippen molar-refractivity contribution in [3.8, 4) is 11.4 Å². The maximum Gasteiger partial charge on any atom is 0.248 e. The second-order valence-electron chi connectivity index (χ2n) is 4.44. The lowest BCUT2D eigenvalue weighted by molar-refractivity contribution is 0.100. The smallest absolute Gasteiger partial charge is 0.248 e. The third-order valence-corrected chi connectivity index (χ3v) is 3.74. The summed E-state index contributed by atoms with van der Waals surface area (Å²) in [5.74, 6) is 0.0881. The van der Waals surface area contributed by atoms with Crippen LogP contribution in [0.15, 0.2) is 47.4 Å². The highest BCUT2D eigenvalue weighted by molar-refractivity contribution is 7.79. The van der Waals surface area contributed by atoms with Crippen molar-refractivity contribution in [1.82, 2.24) is 9.97 Å². The van der Waals surface area contributed by atoms with Gasteiger partial charge in [0.25, 0.3) is 0 Å². The topological polar surface area (TPSA) is 112 Å². The summed E-state index contributed by atoms with van der Waals surface area (Å²) < 4.78 is 21.6. The number of H-pyrrole nitrogens is 1. The van der Waals surface area contributed by atoms with Crippen molar-refractivity contribution >= 4 is 28.0 Å². The lowest BCUT2D eigenvalue weighted by atomic mass is 10.2. The first-order chi connectivity index (χ1) is 10.0. The summed E-state index contributed by atoms with van der Waals surface area (Å²) in [4.78, 5) is 18.8. The van der Waals surface area contributed by atoms with Gasteiger partial charge < -0.3 is 15.3 Å². The monoisotopic (exact) mass is 300 g/mol. The Kier molecular flexibility index (Phi) is 3.28. The molecule has 6 nitrogen and oxygen atoms in total. The van der Waals surface area contributed by atoms with Crippen LogP contribution in [0, 0.1) is 0 Å². The van der Waals surface area contributed by atoms with Gasteiger partial charge in [0.1, 0.15) is 5.82 Å². The molecule has 0 saturated heterocycles. The van der Waals surface area contributed by atoms with Crippen LogP contribution in [0.5, 0.6) is 0 Å². The number of amides is 1. The average molecular weight is 300 g/mol. The standard InChI is InChI=1S/C14H11N3O3S/c15-13(18)9-3-6-11-12(7-9)17-14(16-11)8-1-4-10(5-2-8)21(19)20/h1-7H,(H2,15,18)(H,16,17)(H,19,20)/p-1. The van der Waals surface area contributed by atoms with Crippen LogP contribution < -0.4 is 5.73 Å². The van der Waals surface area contributed by atoms with E-state index in [1.807, 2.05) is 0 Å². The van der Waals surface area contributed by atoms with Crippen molar-refractivity contribution in [1.29, 1.82) is 0 Å². The molecule has 2 aromatic carbocycles. The van der Waals surface area contributed by atoms with E-state index in [0.29, 0.717) is 22.4 Å². The van der Waals surface area contributed by atoms with Gasteiger partial charge in [-0.25, -0.2) is 4.98 Å². The third kappa shape index (κ3) is 2.56. The number of nitrogens with zero attached hydrogens (tertiary/aromatic N) is 1. The Hall–Kier alpha value is -2.51. The van der Waals surface area contributed by atoms with Crippen LogP contribution in [-0.2, 0) is 11.1 Å². The molecule has 3 aromatic rings. The predicted octanol–water partition coefficient (Wildman–Crippen LogP) is 1.57. The molecular formula is C14H10N3O3S-. The fourth-order valence-corrected chi connectivity index (χ4v) is 2.38. The number of nitrogens with two attached hydrogens (primary N) is 1. The quantitative estimate of drug-likeness (QED) is 0.715. The first kappa shape index (κ1) is 13.5. The van der Waals surface area contributed by atoms with Crippen LogP contribution in [0.3, 0.4) is 0 Å². The summed E-state index contributed by atoms with van der Waals surface area (Å²) >= 11 is -2.25. The van der Waals surface area contributed by atoms with Crippen molar-refractivity contribution < 1.29 is 13.6 Å². The van der Waals surface area contributed by atoms with E-state index in [1.54, 1.807) is 30.3 Å². The summed E-state index contributed by atoms with van der Waals surface area (Å²) in [7, 11) is 0. The molecule has 1 unspecified atom stereocenters. The Morgan fingerprint density at radius 2 is 1.90 bits per heavy atom. The van der Waals surface area contributed by atoms with Gasteiger partial charge in [-0.2, -0.15) is 0 Å². The second-order valence-corrected chi connectivity index (χ2v) is 5.38. The van der Waals surface area contributed by atoms with E-state index in [2.05, 4.69) is 9.97 Å². The third-order valence-electron chi connectivity index (χ3n) is 3.09. The zero-order valence-corrected chi connectivity index (χ0v) is 11.5. The van der Waals surface area contributed by atoms with Gasteiger partial charge >= 0.3 is 0 Å². The number of imidazole rings is 1. The summed E-state index contributed by atoms with van der Waals surface area (Å²) in [5.41, 5.74) is 7.78. The average Bonchev–Trinajstić information content (AvgIpc) is 2.90. The van der Waals surface area contributed by atoms with Crippen molar-refractivity contribution in [2.45, 2.75) is 4.90 Å². The van der Waals surface area contributed by atoms with E-state index >= 15 is 0 Å². The van der Waals surface area contributed by atoms with Crippen molar-refractivity contribution in [2.24, 2.45) is 5.73 Å². The molecule has 0 fully saturated rings. The fourth-order valence-electron chi connectivity index (χ4n) is 2.02. The number of fused-ring (bicyclic) bond motifs is 1. The summed E-state index contributed by atoms with van der Waals surface area (Å²) in [6.45, 7) is 0. The van der Waals surface area contributed by atoms with Crippen LogP contribution in [0.25, 0.3) is 22.4 Å². The fraction of sp³-hybridized carbons (Fsp3) is 0. The highest BCUT2D eigenvalue weighted by Crippen LogP contribution is 2.22. The molecule has 7 heteroatoms. The Morgan fingerprint density at radius 1 is 1.19 bits per heavy atom. The van der Waals surface area contributed by atoms with E-state index in [0.717, 1.165) is 5.56 Å². The first-order valence-electron chi connectivity index (χ1n) is 6.04. The number of hydrogen-bond acceptors (Lipinski definition) is 4. The number of carbonyl (C=O) groups excluding carboxylic acids is 1. The minimum atomic E-state index is -2.25. The molecule has 1 heterocycles. The molecule has 0 aliphatic heterocycles. The van der Waals surface area contributed by atoms with Gasteiger partial charge in [-0.05, 0) is 41.4 Å². The molecule has 0 aliphatic rings. The molecule has 3 N–H and O–H groups in total. The van der Waals surface area contributed by atoms with Gasteiger partial charge in [-0.1, -0.05) is 12.1 Å². The number of rotatable bonds is 3. The van der Waals surface area contributed by atoms with E-state index in [-0.39, 0.29) is 4.90 Å². The predicted molar refractivity (Wildman–Crippen MR) is 77.2 cm³/mol. The highest BCUT2D eigenvalue weighted by Gasteiger charge is 2.08. The number of benzene rings is 2. The van der Waals surface area contributed by atoms with Crippen molar-refractivity contribution in [3.63, 3.8) is 0 Å². The maximum atomic E-state index is 11.2. The van der Waals surface area contributed by atoms with E-state index in [4.69, 9.17) is 5.73 Å². The van der Waals surface area contributed by atoms with Gasteiger partial charge in [-0.3, -0.25) is 9.00 Å². The Balaban J connectivity index is 2.04. The maximum absolute atomic E-state index is 11.2. The number of primary amides is 1. The van der Waals surface area contributed by atoms with Gasteiger partial charge in [0.2, 0.25) is 5.91 Å². The molecule has 0 spiro atoms. The van der Waals surface area contributed by atoms with Crippen molar-refractivity contribution in [2.75, 3.05) is 0 Å². The number of carbonyl (C=O) groups is 1. The van der Waals surface area contributed by atoms with Gasteiger partial charge in [0.15, 0.2) is 0 Å². The Bertz CT molecular complexity index is 856. The SMILES string of the molecule is NC(=O)c1ccc2nc(-c3ccc(S(=O)[O-])cc3)[nH]c2c1. The number of nitrogens with one attached hydrogen (secondary N) is 1. The van der Waals surface area contributed by atoms with Gasteiger partial charge in [-0.15, -0.1) is 0 Å². The molecule has 0 aliphatic carbocycles. The van der Waals surface area contributed by atoms with Crippen LogP contribution in [-0.4, -0.2) is 24.6 Å². The molecule has 3 rings (SSSR count). The molecular weight excluding hydrogens is 290 g/mol. The Morgan fingerprint density at radius 3 is 2.52 bits per heavy atom. The van der Waals surface area contributed by atoms with E-state index < -0.39 is 17.0 Å². The molecule has 21 heavy (non-hydrogen) atoms. The highest BCUT2D eigenvalue weighted by atomic mass is 32.2. The van der Waals surface area contributed by atoms with Gasteiger partial charge in [0.05, 0.1) is 11.0 Å². The summed E-state index contributed by atoms with van der Waals surface area (Å²) in [6.07, 6.45) is 0. The minimum Gasteiger partial charge on any atom is -0.768 e. The largest absolute Gasteiger partial charge is 0.768 e. The number of aromatic nitrogens is 2. The van der Waals surface area contributed by atoms with Crippen molar-refractivity contribution in [3.05, 3.63) is 48.0 Å². The summed E-state index contributed by atoms with van der Waals surface area (Å²) in [5, 5.41) is 0. The lowest BCUT2D eigenvalue weighted by Gasteiger charge is -2.04. The molecule has 0 radical (unpaired) electrons.